The summed E-state index contributed by atoms with van der Waals surface area (Å²) in [6.45, 7) is 8.77. The number of aryl methyl sites for hydroxylation is 2. The summed E-state index contributed by atoms with van der Waals surface area (Å²) in [5.74, 6) is 0. The van der Waals surface area contributed by atoms with E-state index in [9.17, 15) is 0 Å². The van der Waals surface area contributed by atoms with Crippen LogP contribution in [0.4, 0.5) is 5.69 Å². The number of piperazine rings is 1. The van der Waals surface area contributed by atoms with Gasteiger partial charge in [0.15, 0.2) is 0 Å². The molecule has 1 fully saturated rings. The Kier molecular flexibility index (Phi) is 4.25. The number of benzene rings is 1. The lowest BCUT2D eigenvalue weighted by Gasteiger charge is -2.36. The second-order valence-electron chi connectivity index (χ2n) is 5.49. The Bertz CT molecular complexity index is 403. The van der Waals surface area contributed by atoms with E-state index < -0.39 is 0 Å². The Morgan fingerprint density at radius 3 is 2.78 bits per heavy atom. The Labute approximate surface area is 111 Å². The molecule has 0 radical (unpaired) electrons. The maximum Gasteiger partial charge on any atom is 0.0393 e. The molecule has 1 aliphatic rings. The molecule has 0 bridgehead atoms. The van der Waals surface area contributed by atoms with Crippen molar-refractivity contribution < 1.29 is 0 Å². The molecular weight excluding hydrogens is 222 g/mol. The highest BCUT2D eigenvalue weighted by molar-refractivity contribution is 5.50. The molecule has 100 valence electrons. The minimum absolute atomic E-state index is 0.602. The number of rotatable bonds is 3. The molecule has 1 heterocycles. The number of hydrogen-bond donors (Lipinski definition) is 1. The van der Waals surface area contributed by atoms with Crippen molar-refractivity contribution in [3.05, 3.63) is 29.3 Å². The summed E-state index contributed by atoms with van der Waals surface area (Å²) in [4.78, 5) is 4.81. The molecule has 3 heteroatoms. The van der Waals surface area contributed by atoms with Crippen LogP contribution in [0.5, 0.6) is 0 Å². The fourth-order valence-electron chi connectivity index (χ4n) is 2.45. The minimum Gasteiger partial charge on any atom is -0.373 e. The largest absolute Gasteiger partial charge is 0.373 e. The third kappa shape index (κ3) is 3.03. The Balaban J connectivity index is 2.02. The van der Waals surface area contributed by atoms with E-state index in [0.29, 0.717) is 6.04 Å². The predicted octanol–water partition coefficient (Wildman–Crippen LogP) is 1.64. The third-order valence-corrected chi connectivity index (χ3v) is 4.06. The molecule has 1 aromatic carbocycles. The molecule has 0 saturated carbocycles. The monoisotopic (exact) mass is 247 g/mol. The van der Waals surface area contributed by atoms with Crippen molar-refractivity contribution in [3.63, 3.8) is 0 Å². The summed E-state index contributed by atoms with van der Waals surface area (Å²) < 4.78 is 0. The molecule has 0 aliphatic carbocycles. The van der Waals surface area contributed by atoms with Gasteiger partial charge in [0, 0.05) is 45.0 Å². The van der Waals surface area contributed by atoms with E-state index in [1.807, 2.05) is 0 Å². The first-order valence-electron chi connectivity index (χ1n) is 6.77. The second kappa shape index (κ2) is 5.72. The van der Waals surface area contributed by atoms with Gasteiger partial charge in [0.1, 0.15) is 0 Å². The van der Waals surface area contributed by atoms with Crippen molar-refractivity contribution in [2.75, 3.05) is 45.2 Å². The highest BCUT2D eigenvalue weighted by atomic mass is 15.2. The van der Waals surface area contributed by atoms with E-state index in [2.05, 4.69) is 61.3 Å². The zero-order valence-electron chi connectivity index (χ0n) is 12.0. The quantitative estimate of drug-likeness (QED) is 0.876. The van der Waals surface area contributed by atoms with Crippen molar-refractivity contribution in [2.45, 2.75) is 19.9 Å². The maximum absolute atomic E-state index is 3.47. The molecule has 3 nitrogen and oxygen atoms in total. The normalized spacial score (nSPS) is 21.0. The lowest BCUT2D eigenvalue weighted by atomic mass is 10.1. The lowest BCUT2D eigenvalue weighted by molar-refractivity contribution is 0.204. The first-order valence-corrected chi connectivity index (χ1v) is 6.77. The highest BCUT2D eigenvalue weighted by Gasteiger charge is 2.20. The van der Waals surface area contributed by atoms with Gasteiger partial charge in [-0.05, 0) is 44.2 Å². The van der Waals surface area contributed by atoms with Crippen LogP contribution in [0.2, 0.25) is 0 Å². The molecule has 1 aromatic rings. The number of anilines is 1. The van der Waals surface area contributed by atoms with Crippen LogP contribution < -0.4 is 10.2 Å². The molecule has 1 saturated heterocycles. The molecule has 0 aromatic heterocycles. The third-order valence-electron chi connectivity index (χ3n) is 4.06. The van der Waals surface area contributed by atoms with Crippen molar-refractivity contribution in [1.29, 1.82) is 0 Å². The van der Waals surface area contributed by atoms with Gasteiger partial charge in [-0.15, -0.1) is 0 Å². The zero-order valence-corrected chi connectivity index (χ0v) is 12.0. The highest BCUT2D eigenvalue weighted by Crippen LogP contribution is 2.18. The first-order chi connectivity index (χ1) is 8.58. The fraction of sp³-hybridized carbons (Fsp3) is 0.600. The van der Waals surface area contributed by atoms with E-state index >= 15 is 0 Å². The van der Waals surface area contributed by atoms with Crippen LogP contribution in [-0.2, 0) is 0 Å². The minimum atomic E-state index is 0.602. The number of nitrogens with zero attached hydrogens (tertiary/aromatic N) is 2. The molecule has 1 atom stereocenters. The number of hydrogen-bond acceptors (Lipinski definition) is 3. The standard InChI is InChI=1S/C15H25N3/c1-12-5-6-14(9-13(12)2)18(4)11-15-10-16-7-8-17(15)3/h5-6,9,15-16H,7-8,10-11H2,1-4H3. The fourth-order valence-corrected chi connectivity index (χ4v) is 2.45. The average Bonchev–Trinajstić information content (AvgIpc) is 2.35. The van der Waals surface area contributed by atoms with E-state index in [0.717, 1.165) is 26.2 Å². The summed E-state index contributed by atoms with van der Waals surface area (Å²) in [5, 5.41) is 3.47. The van der Waals surface area contributed by atoms with Gasteiger partial charge in [0.2, 0.25) is 0 Å². The molecule has 0 spiro atoms. The molecule has 1 aliphatic heterocycles. The van der Waals surface area contributed by atoms with E-state index in [-0.39, 0.29) is 0 Å². The van der Waals surface area contributed by atoms with Gasteiger partial charge in [-0.1, -0.05) is 6.07 Å². The topological polar surface area (TPSA) is 18.5 Å². The van der Waals surface area contributed by atoms with Gasteiger partial charge >= 0.3 is 0 Å². The van der Waals surface area contributed by atoms with Gasteiger partial charge in [0.05, 0.1) is 0 Å². The van der Waals surface area contributed by atoms with Gasteiger partial charge in [-0.2, -0.15) is 0 Å². The summed E-state index contributed by atoms with van der Waals surface area (Å²) in [7, 11) is 4.41. The molecular formula is C15H25N3. The van der Waals surface area contributed by atoms with Crippen LogP contribution >= 0.6 is 0 Å². The SMILES string of the molecule is Cc1ccc(N(C)CC2CNCCN2C)cc1C. The Morgan fingerprint density at radius 2 is 2.11 bits per heavy atom. The molecule has 1 unspecified atom stereocenters. The summed E-state index contributed by atoms with van der Waals surface area (Å²) in [5.41, 5.74) is 4.05. The van der Waals surface area contributed by atoms with Gasteiger partial charge < -0.3 is 10.2 Å². The molecule has 1 N–H and O–H groups in total. The predicted molar refractivity (Wildman–Crippen MR) is 78.5 cm³/mol. The number of likely N-dealkylation sites (N-methyl/N-ethyl adjacent to an activating group) is 2. The van der Waals surface area contributed by atoms with Crippen LogP contribution in [-0.4, -0.2) is 51.2 Å². The van der Waals surface area contributed by atoms with Crippen molar-refractivity contribution in [3.8, 4) is 0 Å². The van der Waals surface area contributed by atoms with E-state index in [4.69, 9.17) is 0 Å². The van der Waals surface area contributed by atoms with Crippen molar-refractivity contribution >= 4 is 5.69 Å². The summed E-state index contributed by atoms with van der Waals surface area (Å²) in [6, 6.07) is 7.32. The molecule has 2 rings (SSSR count). The van der Waals surface area contributed by atoms with Crippen LogP contribution in [0, 0.1) is 13.8 Å². The zero-order chi connectivity index (χ0) is 13.1. The van der Waals surface area contributed by atoms with E-state index in [1.54, 1.807) is 0 Å². The van der Waals surface area contributed by atoms with Gasteiger partial charge in [0.25, 0.3) is 0 Å². The van der Waals surface area contributed by atoms with Crippen molar-refractivity contribution in [2.24, 2.45) is 0 Å². The number of nitrogens with one attached hydrogen (secondary N) is 1. The van der Waals surface area contributed by atoms with Crippen LogP contribution in [0.25, 0.3) is 0 Å². The Hall–Kier alpha value is -1.06. The molecule has 0 amide bonds. The summed E-state index contributed by atoms with van der Waals surface area (Å²) in [6.07, 6.45) is 0. The smallest absolute Gasteiger partial charge is 0.0393 e. The van der Waals surface area contributed by atoms with Crippen LogP contribution in [0.1, 0.15) is 11.1 Å². The first kappa shape index (κ1) is 13.4. The van der Waals surface area contributed by atoms with Gasteiger partial charge in [-0.25, -0.2) is 0 Å². The second-order valence-corrected chi connectivity index (χ2v) is 5.49. The Morgan fingerprint density at radius 1 is 1.33 bits per heavy atom. The maximum atomic E-state index is 3.47. The van der Waals surface area contributed by atoms with E-state index in [1.165, 1.54) is 16.8 Å². The van der Waals surface area contributed by atoms with Crippen molar-refractivity contribution in [1.82, 2.24) is 10.2 Å². The average molecular weight is 247 g/mol. The lowest BCUT2D eigenvalue weighted by Crippen LogP contribution is -2.53. The molecule has 18 heavy (non-hydrogen) atoms. The van der Waals surface area contributed by atoms with Gasteiger partial charge in [-0.3, -0.25) is 4.90 Å². The van der Waals surface area contributed by atoms with Crippen LogP contribution in [0.15, 0.2) is 18.2 Å². The summed E-state index contributed by atoms with van der Waals surface area (Å²) >= 11 is 0. The van der Waals surface area contributed by atoms with Crippen LogP contribution in [0.3, 0.4) is 0 Å².